The van der Waals surface area contributed by atoms with Crippen LogP contribution in [0.4, 0.5) is 4.39 Å². The minimum atomic E-state index is -0.484. The van der Waals surface area contributed by atoms with Crippen LogP contribution < -0.4 is 15.4 Å². The van der Waals surface area contributed by atoms with Crippen molar-refractivity contribution in [3.63, 3.8) is 0 Å². The van der Waals surface area contributed by atoms with Crippen molar-refractivity contribution in [3.05, 3.63) is 29.6 Å². The average Bonchev–Trinajstić information content (AvgIpc) is 2.87. The summed E-state index contributed by atoms with van der Waals surface area (Å²) in [4.78, 5) is 23.2. The Hall–Kier alpha value is -2.11. The van der Waals surface area contributed by atoms with E-state index >= 15 is 0 Å². The molecule has 5 nitrogen and oxygen atoms in total. The fourth-order valence-corrected chi connectivity index (χ4v) is 2.62. The number of ether oxygens (including phenoxy) is 1. The maximum Gasteiger partial charge on any atom is 0.243 e. The molecule has 2 atom stereocenters. The fraction of sp³-hybridized carbons (Fsp3) is 0.429. The van der Waals surface area contributed by atoms with Gasteiger partial charge in [0.1, 0.15) is 6.04 Å². The summed E-state index contributed by atoms with van der Waals surface area (Å²) in [6.07, 6.45) is 1.46. The summed E-state index contributed by atoms with van der Waals surface area (Å²) in [6, 6.07) is 3.91. The summed E-state index contributed by atoms with van der Waals surface area (Å²) in [5, 5.41) is 5.49. The molecule has 0 aromatic heterocycles. The Labute approximate surface area is 115 Å². The molecule has 2 N–H and O–H groups in total. The summed E-state index contributed by atoms with van der Waals surface area (Å²) < 4.78 is 19.0. The lowest BCUT2D eigenvalue weighted by Crippen LogP contribution is -2.44. The van der Waals surface area contributed by atoms with Gasteiger partial charge in [-0.2, -0.15) is 0 Å². The number of fused-ring (bicyclic) bond motifs is 1. The lowest BCUT2D eigenvalue weighted by molar-refractivity contribution is -0.126. The van der Waals surface area contributed by atoms with E-state index in [9.17, 15) is 14.0 Å². The van der Waals surface area contributed by atoms with Gasteiger partial charge in [0.15, 0.2) is 11.6 Å². The predicted molar refractivity (Wildman–Crippen MR) is 68.6 cm³/mol. The lowest BCUT2D eigenvalue weighted by atomic mass is 9.99. The molecule has 1 aromatic carbocycles. The molecule has 2 amide bonds. The molecule has 1 fully saturated rings. The van der Waals surface area contributed by atoms with Crippen molar-refractivity contribution in [1.29, 1.82) is 0 Å². The highest BCUT2D eigenvalue weighted by atomic mass is 19.1. The van der Waals surface area contributed by atoms with E-state index < -0.39 is 11.9 Å². The highest BCUT2D eigenvalue weighted by Crippen LogP contribution is 2.34. The van der Waals surface area contributed by atoms with Gasteiger partial charge in [-0.15, -0.1) is 0 Å². The quantitative estimate of drug-likeness (QED) is 0.849. The van der Waals surface area contributed by atoms with Gasteiger partial charge in [-0.25, -0.2) is 4.39 Å². The van der Waals surface area contributed by atoms with Crippen LogP contribution >= 0.6 is 0 Å². The SMILES string of the molecule is O=C1CC[C@H](C(=O)NC2CCOc3c(F)cccc32)N1. The van der Waals surface area contributed by atoms with Gasteiger partial charge in [-0.3, -0.25) is 9.59 Å². The lowest BCUT2D eigenvalue weighted by Gasteiger charge is -2.27. The molecule has 0 aliphatic carbocycles. The minimum absolute atomic E-state index is 0.108. The summed E-state index contributed by atoms with van der Waals surface area (Å²) in [5.41, 5.74) is 0.647. The van der Waals surface area contributed by atoms with Crippen LogP contribution in [-0.4, -0.2) is 24.5 Å². The van der Waals surface area contributed by atoms with E-state index in [1.54, 1.807) is 12.1 Å². The molecule has 1 unspecified atom stereocenters. The maximum absolute atomic E-state index is 13.6. The van der Waals surface area contributed by atoms with Crippen LogP contribution in [0.2, 0.25) is 0 Å². The average molecular weight is 278 g/mol. The highest BCUT2D eigenvalue weighted by Gasteiger charge is 2.31. The number of nitrogens with one attached hydrogen (secondary N) is 2. The second-order valence-electron chi connectivity index (χ2n) is 5.02. The Morgan fingerprint density at radius 3 is 3.00 bits per heavy atom. The zero-order valence-electron chi connectivity index (χ0n) is 10.8. The first-order valence-corrected chi connectivity index (χ1v) is 6.66. The molecule has 0 radical (unpaired) electrons. The van der Waals surface area contributed by atoms with Crippen molar-refractivity contribution in [2.24, 2.45) is 0 Å². The third-order valence-corrected chi connectivity index (χ3v) is 3.65. The molecule has 2 heterocycles. The molecule has 0 saturated carbocycles. The van der Waals surface area contributed by atoms with Gasteiger partial charge >= 0.3 is 0 Å². The summed E-state index contributed by atoms with van der Waals surface area (Å²) >= 11 is 0. The fourth-order valence-electron chi connectivity index (χ4n) is 2.62. The molecule has 0 spiro atoms. The van der Waals surface area contributed by atoms with Crippen LogP contribution in [-0.2, 0) is 9.59 Å². The van der Waals surface area contributed by atoms with Crippen molar-refractivity contribution in [1.82, 2.24) is 10.6 Å². The Kier molecular flexibility index (Phi) is 3.30. The number of hydrogen-bond donors (Lipinski definition) is 2. The van der Waals surface area contributed by atoms with Crippen molar-refractivity contribution in [2.45, 2.75) is 31.3 Å². The van der Waals surface area contributed by atoms with Crippen molar-refractivity contribution < 1.29 is 18.7 Å². The van der Waals surface area contributed by atoms with Crippen LogP contribution in [0.3, 0.4) is 0 Å². The normalized spacial score (nSPS) is 24.6. The largest absolute Gasteiger partial charge is 0.490 e. The van der Waals surface area contributed by atoms with Crippen LogP contribution in [0, 0.1) is 5.82 Å². The topological polar surface area (TPSA) is 67.4 Å². The molecule has 2 aliphatic heterocycles. The van der Waals surface area contributed by atoms with Crippen LogP contribution in [0.15, 0.2) is 18.2 Å². The number of amides is 2. The van der Waals surface area contributed by atoms with Crippen molar-refractivity contribution >= 4 is 11.8 Å². The standard InChI is InChI=1S/C14H15FN2O3/c15-9-3-1-2-8-10(6-7-20-13(8)9)17-14(19)11-4-5-12(18)16-11/h1-3,10-11H,4-7H2,(H,16,18)(H,17,19)/t10?,11-/m1/s1. The second-order valence-corrected chi connectivity index (χ2v) is 5.02. The Bertz CT molecular complexity index is 561. The smallest absolute Gasteiger partial charge is 0.243 e. The molecule has 2 aliphatic rings. The van der Waals surface area contributed by atoms with Gasteiger partial charge in [0, 0.05) is 18.4 Å². The molecule has 1 aromatic rings. The molecule has 106 valence electrons. The second kappa shape index (κ2) is 5.11. The molecular weight excluding hydrogens is 263 g/mol. The van der Waals surface area contributed by atoms with Crippen LogP contribution in [0.1, 0.15) is 30.9 Å². The molecule has 20 heavy (non-hydrogen) atoms. The number of carbonyl (C=O) groups excluding carboxylic acids is 2. The minimum Gasteiger partial charge on any atom is -0.490 e. The third kappa shape index (κ3) is 2.33. The number of para-hydroxylation sites is 1. The van der Waals surface area contributed by atoms with Gasteiger partial charge in [0.05, 0.1) is 12.6 Å². The van der Waals surface area contributed by atoms with E-state index in [4.69, 9.17) is 4.74 Å². The van der Waals surface area contributed by atoms with E-state index in [0.29, 0.717) is 31.4 Å². The Balaban J connectivity index is 1.75. The van der Waals surface area contributed by atoms with E-state index in [0.717, 1.165) is 0 Å². The van der Waals surface area contributed by atoms with E-state index in [1.165, 1.54) is 6.07 Å². The molecule has 1 saturated heterocycles. The van der Waals surface area contributed by atoms with Crippen LogP contribution in [0.25, 0.3) is 0 Å². The number of hydrogen-bond acceptors (Lipinski definition) is 3. The summed E-state index contributed by atoms with van der Waals surface area (Å²) in [6.45, 7) is 0.357. The number of benzene rings is 1. The van der Waals surface area contributed by atoms with Gasteiger partial charge in [0.25, 0.3) is 0 Å². The van der Waals surface area contributed by atoms with Gasteiger partial charge in [0.2, 0.25) is 11.8 Å². The van der Waals surface area contributed by atoms with Gasteiger partial charge in [-0.05, 0) is 12.5 Å². The molecule has 6 heteroatoms. The van der Waals surface area contributed by atoms with Gasteiger partial charge in [-0.1, -0.05) is 12.1 Å². The highest BCUT2D eigenvalue weighted by molar-refractivity contribution is 5.91. The third-order valence-electron chi connectivity index (χ3n) is 3.65. The van der Waals surface area contributed by atoms with Crippen molar-refractivity contribution in [3.8, 4) is 5.75 Å². The molecule has 3 rings (SSSR count). The first kappa shape index (κ1) is 12.9. The van der Waals surface area contributed by atoms with E-state index in [2.05, 4.69) is 10.6 Å². The maximum atomic E-state index is 13.6. The Morgan fingerprint density at radius 1 is 1.40 bits per heavy atom. The van der Waals surface area contributed by atoms with Crippen molar-refractivity contribution in [2.75, 3.05) is 6.61 Å². The first-order valence-electron chi connectivity index (χ1n) is 6.66. The van der Waals surface area contributed by atoms with E-state index in [1.807, 2.05) is 0 Å². The zero-order chi connectivity index (χ0) is 14.1. The van der Waals surface area contributed by atoms with Gasteiger partial charge < -0.3 is 15.4 Å². The predicted octanol–water partition coefficient (Wildman–Crippen LogP) is 1.04. The molecule has 0 bridgehead atoms. The molecular formula is C14H15FN2O3. The summed E-state index contributed by atoms with van der Waals surface area (Å²) in [7, 11) is 0. The number of halogens is 1. The number of rotatable bonds is 2. The van der Waals surface area contributed by atoms with E-state index in [-0.39, 0.29) is 23.6 Å². The first-order chi connectivity index (χ1) is 9.65. The monoisotopic (exact) mass is 278 g/mol. The Morgan fingerprint density at radius 2 is 2.25 bits per heavy atom. The number of carbonyl (C=O) groups is 2. The van der Waals surface area contributed by atoms with Crippen LogP contribution in [0.5, 0.6) is 5.75 Å². The summed E-state index contributed by atoms with van der Waals surface area (Å²) in [5.74, 6) is -0.545. The zero-order valence-corrected chi connectivity index (χ0v) is 10.8.